The second-order valence-corrected chi connectivity index (χ2v) is 10.7. The van der Waals surface area contributed by atoms with Gasteiger partial charge in [0.1, 0.15) is 11.3 Å². The Balaban J connectivity index is 1.69. The first-order valence-electron chi connectivity index (χ1n) is 9.25. The molecule has 6 heteroatoms. The number of benzene rings is 2. The molecule has 1 saturated heterocycles. The van der Waals surface area contributed by atoms with Crippen molar-refractivity contribution in [1.29, 1.82) is 0 Å². The molecule has 0 aliphatic carbocycles. The lowest BCUT2D eigenvalue weighted by Crippen LogP contribution is -2.58. The third-order valence-corrected chi connectivity index (χ3v) is 7.61. The van der Waals surface area contributed by atoms with Crippen molar-refractivity contribution in [2.24, 2.45) is 0 Å². The Morgan fingerprint density at radius 2 is 1.61 bits per heavy atom. The highest BCUT2D eigenvalue weighted by Crippen LogP contribution is 2.35. The van der Waals surface area contributed by atoms with Gasteiger partial charge in [-0.1, -0.05) is 48.1 Å². The van der Waals surface area contributed by atoms with E-state index in [1.807, 2.05) is 29.7 Å². The zero-order chi connectivity index (χ0) is 20.2. The van der Waals surface area contributed by atoms with Gasteiger partial charge in [0, 0.05) is 6.54 Å². The molecular formula is C22H28N2O3S. The normalized spacial score (nSPS) is 17.6. The van der Waals surface area contributed by atoms with Crippen LogP contribution >= 0.6 is 9.21 Å². The highest BCUT2D eigenvalue weighted by Gasteiger charge is 2.40. The van der Waals surface area contributed by atoms with Crippen LogP contribution in [-0.2, 0) is 11.3 Å². The molecular weight excluding hydrogens is 372 g/mol. The second kappa shape index (κ2) is 8.39. The molecule has 3 rings (SSSR count). The average molecular weight is 401 g/mol. The lowest BCUT2D eigenvalue weighted by Gasteiger charge is -2.39. The Morgan fingerprint density at radius 1 is 1.07 bits per heavy atom. The van der Waals surface area contributed by atoms with Gasteiger partial charge in [0.05, 0.1) is 7.11 Å². The van der Waals surface area contributed by atoms with Gasteiger partial charge in [-0.15, -0.1) is 0 Å². The Kier molecular flexibility index (Phi) is 6.13. The largest absolute Gasteiger partial charge is 0.497 e. The van der Waals surface area contributed by atoms with Crippen LogP contribution in [-0.4, -0.2) is 47.0 Å². The summed E-state index contributed by atoms with van der Waals surface area (Å²) in [6, 6.07) is 16.2. The van der Waals surface area contributed by atoms with Gasteiger partial charge in [0.25, 0.3) is 5.91 Å². The molecule has 2 aromatic rings. The van der Waals surface area contributed by atoms with Crippen LogP contribution in [0.1, 0.15) is 18.4 Å². The number of methoxy groups -OCH3 is 1. The van der Waals surface area contributed by atoms with Crippen LogP contribution in [0.25, 0.3) is 11.1 Å². The smallest absolute Gasteiger partial charge is 0.263 e. The van der Waals surface area contributed by atoms with Crippen LogP contribution in [0.5, 0.6) is 5.75 Å². The lowest BCUT2D eigenvalue weighted by atomic mass is 9.91. The van der Waals surface area contributed by atoms with Gasteiger partial charge in [-0.2, -0.15) is 0 Å². The first-order valence-corrected chi connectivity index (χ1v) is 11.6. The van der Waals surface area contributed by atoms with Gasteiger partial charge in [-0.3, -0.25) is 15.3 Å². The van der Waals surface area contributed by atoms with Gasteiger partial charge in [0.15, 0.2) is 0 Å². The highest BCUT2D eigenvalue weighted by atomic mass is 32.2. The molecule has 1 fully saturated rings. The minimum atomic E-state index is -1.13. The van der Waals surface area contributed by atoms with Gasteiger partial charge >= 0.3 is 0 Å². The van der Waals surface area contributed by atoms with Gasteiger partial charge < -0.3 is 4.74 Å². The summed E-state index contributed by atoms with van der Waals surface area (Å²) in [6.07, 6.45) is 1.26. The maximum absolute atomic E-state index is 12.3. The van der Waals surface area contributed by atoms with E-state index >= 15 is 0 Å². The summed E-state index contributed by atoms with van der Waals surface area (Å²) in [4.78, 5) is 12.3. The van der Waals surface area contributed by atoms with Crippen molar-refractivity contribution in [3.8, 4) is 16.9 Å². The number of carbonyl (C=O) groups excluding carboxylic acids is 1. The molecule has 0 saturated carbocycles. The van der Waals surface area contributed by atoms with Crippen molar-refractivity contribution >= 4 is 26.9 Å². The van der Waals surface area contributed by atoms with Crippen LogP contribution in [0.15, 0.2) is 48.5 Å². The standard InChI is InChI=1S/C22H28N2O3S/c1-27-20-10-8-19(9-11-20)18-6-4-17(5-7-18)16-23-22(21(25)24-26)12-14-28(2,3)15-13-22/h4-11,23,26H,2-3,12-16H2,1H3,(H,24,25). The molecule has 1 heterocycles. The van der Waals surface area contributed by atoms with Crippen molar-refractivity contribution in [1.82, 2.24) is 10.8 Å². The molecule has 0 atom stereocenters. The van der Waals surface area contributed by atoms with Crippen molar-refractivity contribution in [3.63, 3.8) is 0 Å². The molecule has 0 bridgehead atoms. The van der Waals surface area contributed by atoms with Crippen LogP contribution in [0, 0.1) is 0 Å². The van der Waals surface area contributed by atoms with Gasteiger partial charge in [-0.05, 0) is 53.2 Å². The van der Waals surface area contributed by atoms with Crippen LogP contribution in [0.4, 0.5) is 0 Å². The molecule has 0 aromatic heterocycles. The summed E-state index contributed by atoms with van der Waals surface area (Å²) in [5.41, 5.74) is 4.39. The second-order valence-electron chi connectivity index (χ2n) is 7.44. The van der Waals surface area contributed by atoms with E-state index in [2.05, 4.69) is 41.3 Å². The summed E-state index contributed by atoms with van der Waals surface area (Å²) >= 11 is 0. The van der Waals surface area contributed by atoms with E-state index in [4.69, 9.17) is 4.74 Å². The molecule has 1 amide bonds. The van der Waals surface area contributed by atoms with E-state index in [9.17, 15) is 10.0 Å². The zero-order valence-corrected chi connectivity index (χ0v) is 17.1. The number of hydrogen-bond donors (Lipinski definition) is 3. The molecule has 1 aliphatic rings. The van der Waals surface area contributed by atoms with E-state index in [1.165, 1.54) is 0 Å². The number of nitrogens with one attached hydrogen (secondary N) is 2. The van der Waals surface area contributed by atoms with Crippen LogP contribution in [0.3, 0.4) is 0 Å². The van der Waals surface area contributed by atoms with Gasteiger partial charge in [-0.25, -0.2) is 14.7 Å². The number of ether oxygens (including phenoxy) is 1. The predicted molar refractivity (Wildman–Crippen MR) is 119 cm³/mol. The molecule has 1 aliphatic heterocycles. The molecule has 28 heavy (non-hydrogen) atoms. The Hall–Kier alpha value is -2.28. The Labute approximate surface area is 167 Å². The summed E-state index contributed by atoms with van der Waals surface area (Å²) in [6.45, 7) is 0.549. The first-order chi connectivity index (χ1) is 13.4. The fraction of sp³-hybridized carbons (Fsp3) is 0.318. The molecule has 0 radical (unpaired) electrons. The fourth-order valence-corrected chi connectivity index (χ4v) is 5.24. The van der Waals surface area contributed by atoms with Crippen molar-refractivity contribution in [3.05, 3.63) is 54.1 Å². The topological polar surface area (TPSA) is 70.6 Å². The van der Waals surface area contributed by atoms with E-state index in [0.717, 1.165) is 33.9 Å². The summed E-state index contributed by atoms with van der Waals surface area (Å²) in [5, 5.41) is 12.6. The highest BCUT2D eigenvalue weighted by molar-refractivity contribution is 8.27. The van der Waals surface area contributed by atoms with Crippen LogP contribution in [0.2, 0.25) is 0 Å². The maximum atomic E-state index is 12.3. The summed E-state index contributed by atoms with van der Waals surface area (Å²) in [7, 11) is 0.525. The summed E-state index contributed by atoms with van der Waals surface area (Å²) < 4.78 is 5.20. The number of amides is 1. The fourth-order valence-electron chi connectivity index (χ4n) is 3.47. The Bertz CT molecular complexity index is 905. The van der Waals surface area contributed by atoms with E-state index in [-0.39, 0.29) is 5.91 Å². The molecule has 5 nitrogen and oxygen atoms in total. The minimum Gasteiger partial charge on any atom is -0.497 e. The van der Waals surface area contributed by atoms with Crippen LogP contribution < -0.4 is 15.5 Å². The predicted octanol–water partition coefficient (Wildman–Crippen LogP) is 3.16. The van der Waals surface area contributed by atoms with Crippen molar-refractivity contribution < 1.29 is 14.7 Å². The monoisotopic (exact) mass is 400 g/mol. The Morgan fingerprint density at radius 3 is 2.11 bits per heavy atom. The number of hydrogen-bond acceptors (Lipinski definition) is 4. The first kappa shape index (κ1) is 20.5. The SMILES string of the molecule is C=S1(=C)CCC(NCc2ccc(-c3ccc(OC)cc3)cc2)(C(=O)NO)CC1. The molecule has 0 unspecified atom stereocenters. The van der Waals surface area contributed by atoms with Crippen molar-refractivity contribution in [2.75, 3.05) is 18.6 Å². The number of hydroxylamine groups is 1. The molecule has 2 aromatic carbocycles. The maximum Gasteiger partial charge on any atom is 0.263 e. The third-order valence-electron chi connectivity index (χ3n) is 5.47. The van der Waals surface area contributed by atoms with E-state index in [1.54, 1.807) is 7.11 Å². The number of rotatable bonds is 6. The average Bonchev–Trinajstić information content (AvgIpc) is 2.73. The third kappa shape index (κ3) is 4.58. The lowest BCUT2D eigenvalue weighted by molar-refractivity contribution is -0.136. The van der Waals surface area contributed by atoms with E-state index in [0.29, 0.717) is 19.4 Å². The van der Waals surface area contributed by atoms with E-state index < -0.39 is 14.7 Å². The number of carbonyl (C=O) groups is 1. The minimum absolute atomic E-state index is 0.378. The zero-order valence-electron chi connectivity index (χ0n) is 16.2. The quantitative estimate of drug-likeness (QED) is 0.396. The molecule has 150 valence electrons. The molecule has 3 N–H and O–H groups in total. The summed E-state index contributed by atoms with van der Waals surface area (Å²) in [5.74, 6) is 10.5. The van der Waals surface area contributed by atoms with Crippen molar-refractivity contribution in [2.45, 2.75) is 24.9 Å². The molecule has 0 spiro atoms. The van der Waals surface area contributed by atoms with Gasteiger partial charge in [0.2, 0.25) is 0 Å².